The highest BCUT2D eigenvalue weighted by Gasteiger charge is 2.19. The van der Waals surface area contributed by atoms with E-state index in [0.29, 0.717) is 5.56 Å². The normalized spacial score (nSPS) is 12.6. The highest BCUT2D eigenvalue weighted by atomic mass is 32.2. The largest absolute Gasteiger partial charge is 0.549 e. The molecule has 0 aliphatic heterocycles. The van der Waals surface area contributed by atoms with Crippen molar-refractivity contribution in [2.75, 3.05) is 0 Å². The molecule has 3 nitrogen and oxygen atoms in total. The van der Waals surface area contributed by atoms with Gasteiger partial charge in [0, 0.05) is 16.9 Å². The van der Waals surface area contributed by atoms with Crippen LogP contribution in [0, 0.1) is 6.92 Å². The number of hydrogen-bond acceptors (Lipinski definition) is 4. The Bertz CT molecular complexity index is 740. The molecule has 0 aliphatic carbocycles. The van der Waals surface area contributed by atoms with Gasteiger partial charge in [-0.2, -0.15) is 0 Å². The van der Waals surface area contributed by atoms with Gasteiger partial charge in [0.1, 0.15) is 0 Å². The first-order chi connectivity index (χ1) is 11.7. The van der Waals surface area contributed by atoms with E-state index >= 15 is 0 Å². The molecule has 132 valence electrons. The Morgan fingerprint density at radius 3 is 2.04 bits per heavy atom. The Kier molecular flexibility index (Phi) is 6.07. The average molecular weight is 355 g/mol. The molecule has 0 radical (unpaired) electrons. The first kappa shape index (κ1) is 19.3. The van der Waals surface area contributed by atoms with Crippen LogP contribution in [0.25, 0.3) is 0 Å². The van der Waals surface area contributed by atoms with Crippen molar-refractivity contribution in [3.05, 3.63) is 65.2 Å². The zero-order valence-corrected chi connectivity index (χ0v) is 15.9. The zero-order valence-electron chi connectivity index (χ0n) is 15.0. The summed E-state index contributed by atoms with van der Waals surface area (Å²) in [6.07, 6.45) is -0.0876. The fraction of sp³-hybridized carbons (Fsp3) is 0.333. The molecule has 0 fully saturated rings. The number of hydrogen-bond donors (Lipinski definition) is 0. The topological polar surface area (TPSA) is 57.2 Å². The minimum atomic E-state index is -1.22. The number of aliphatic carboxylic acids is 1. The number of carbonyl (C=O) groups excluding carboxylic acids is 2. The molecule has 2 aromatic carbocycles. The van der Waals surface area contributed by atoms with Gasteiger partial charge in [0.2, 0.25) is 0 Å². The molecule has 0 amide bonds. The van der Waals surface area contributed by atoms with Crippen molar-refractivity contribution in [1.29, 1.82) is 0 Å². The summed E-state index contributed by atoms with van der Waals surface area (Å²) in [5, 5.41) is 10.5. The quantitative estimate of drug-likeness (QED) is 0.584. The lowest BCUT2D eigenvalue weighted by Gasteiger charge is -2.20. The van der Waals surface area contributed by atoms with Crippen LogP contribution in [0.1, 0.15) is 48.7 Å². The van der Waals surface area contributed by atoms with Crippen molar-refractivity contribution < 1.29 is 14.7 Å². The standard InChI is InChI=1S/C21H24O3S/c1-14-5-11-17(12-6-14)25-19(20(23)24)13-18(22)15-7-9-16(10-8-15)21(2,3)4/h5-12,19H,13H2,1-4H3,(H,23,24)/p-1/t19-/m1/s1. The van der Waals surface area contributed by atoms with E-state index in [1.807, 2.05) is 43.3 Å². The summed E-state index contributed by atoms with van der Waals surface area (Å²) in [6, 6.07) is 14.9. The number of thioether (sulfide) groups is 1. The van der Waals surface area contributed by atoms with Crippen molar-refractivity contribution in [3.8, 4) is 0 Å². The van der Waals surface area contributed by atoms with E-state index in [1.54, 1.807) is 12.1 Å². The summed E-state index contributed by atoms with van der Waals surface area (Å²) in [7, 11) is 0. The predicted octanol–water partition coefficient (Wildman–Crippen LogP) is 3.78. The van der Waals surface area contributed by atoms with Crippen LogP contribution in [0.5, 0.6) is 0 Å². The summed E-state index contributed by atoms with van der Waals surface area (Å²) >= 11 is 1.15. The zero-order chi connectivity index (χ0) is 18.6. The second kappa shape index (κ2) is 7.87. The van der Waals surface area contributed by atoms with Gasteiger partial charge in [-0.15, -0.1) is 11.8 Å². The first-order valence-electron chi connectivity index (χ1n) is 8.25. The molecule has 2 rings (SSSR count). The number of rotatable bonds is 6. The number of carboxylic acid groups (broad SMARTS) is 1. The monoisotopic (exact) mass is 355 g/mol. The Hall–Kier alpha value is -2.07. The number of Topliss-reactive ketones (excluding diaryl/α,β-unsaturated/α-hetero) is 1. The van der Waals surface area contributed by atoms with E-state index in [9.17, 15) is 14.7 Å². The highest BCUT2D eigenvalue weighted by Crippen LogP contribution is 2.27. The maximum Gasteiger partial charge on any atom is 0.164 e. The lowest BCUT2D eigenvalue weighted by molar-refractivity contribution is -0.304. The highest BCUT2D eigenvalue weighted by molar-refractivity contribution is 8.00. The molecule has 0 spiro atoms. The Labute approximate surface area is 153 Å². The van der Waals surface area contributed by atoms with Gasteiger partial charge in [-0.3, -0.25) is 4.79 Å². The molecule has 4 heteroatoms. The van der Waals surface area contributed by atoms with E-state index in [-0.39, 0.29) is 17.6 Å². The Morgan fingerprint density at radius 1 is 1.00 bits per heavy atom. The molecule has 25 heavy (non-hydrogen) atoms. The molecule has 0 saturated carbocycles. The second-order valence-electron chi connectivity index (χ2n) is 7.19. The number of carboxylic acids is 1. The molecule has 1 atom stereocenters. The molecule has 0 unspecified atom stereocenters. The van der Waals surface area contributed by atoms with E-state index in [1.165, 1.54) is 0 Å². The van der Waals surface area contributed by atoms with Crippen LogP contribution < -0.4 is 5.11 Å². The van der Waals surface area contributed by atoms with Crippen molar-refractivity contribution >= 4 is 23.5 Å². The number of aryl methyl sites for hydroxylation is 1. The lowest BCUT2D eigenvalue weighted by Crippen LogP contribution is -2.35. The van der Waals surface area contributed by atoms with Gasteiger partial charge in [-0.25, -0.2) is 0 Å². The summed E-state index contributed by atoms with van der Waals surface area (Å²) in [5.41, 5.74) is 2.78. The SMILES string of the molecule is Cc1ccc(S[C@H](CC(=O)c2ccc(C(C)(C)C)cc2)C(=O)[O-])cc1. The van der Waals surface area contributed by atoms with Crippen molar-refractivity contribution in [3.63, 3.8) is 0 Å². The average Bonchev–Trinajstić information content (AvgIpc) is 2.55. The molecule has 0 heterocycles. The molecule has 2 aromatic rings. The second-order valence-corrected chi connectivity index (χ2v) is 8.47. The van der Waals surface area contributed by atoms with Crippen LogP contribution in [0.2, 0.25) is 0 Å². The number of benzene rings is 2. The minimum absolute atomic E-state index is 0.0103. The molecule has 0 aromatic heterocycles. The molecule has 0 N–H and O–H groups in total. The third-order valence-corrected chi connectivity index (χ3v) is 5.19. The minimum Gasteiger partial charge on any atom is -0.549 e. The first-order valence-corrected chi connectivity index (χ1v) is 9.13. The van der Waals surface area contributed by atoms with Crippen molar-refractivity contribution in [2.45, 2.75) is 49.7 Å². The third kappa shape index (κ3) is 5.46. The van der Waals surface area contributed by atoms with Gasteiger partial charge in [-0.05, 0) is 30.0 Å². The summed E-state index contributed by atoms with van der Waals surface area (Å²) in [4.78, 5) is 24.7. The number of carbonyl (C=O) groups is 2. The van der Waals surface area contributed by atoms with Crippen LogP contribution in [0.4, 0.5) is 0 Å². The van der Waals surface area contributed by atoms with E-state index in [4.69, 9.17) is 0 Å². The van der Waals surface area contributed by atoms with Crippen LogP contribution in [-0.4, -0.2) is 17.0 Å². The van der Waals surface area contributed by atoms with Crippen LogP contribution in [0.15, 0.2) is 53.4 Å². The van der Waals surface area contributed by atoms with Gasteiger partial charge in [-0.1, -0.05) is 62.7 Å². The molecular weight excluding hydrogens is 332 g/mol. The summed E-state index contributed by atoms with van der Waals surface area (Å²) in [6.45, 7) is 8.28. The lowest BCUT2D eigenvalue weighted by atomic mass is 9.86. The Balaban J connectivity index is 2.09. The van der Waals surface area contributed by atoms with Gasteiger partial charge >= 0.3 is 0 Å². The summed E-state index contributed by atoms with van der Waals surface area (Å²) < 4.78 is 0. The van der Waals surface area contributed by atoms with Gasteiger partial charge in [0.25, 0.3) is 0 Å². The van der Waals surface area contributed by atoms with Crippen molar-refractivity contribution in [2.24, 2.45) is 0 Å². The van der Waals surface area contributed by atoms with Crippen LogP contribution in [-0.2, 0) is 10.2 Å². The molecular formula is C21H23O3S-. The number of ketones is 1. The maximum absolute atomic E-state index is 12.5. The fourth-order valence-electron chi connectivity index (χ4n) is 2.40. The summed E-state index contributed by atoms with van der Waals surface area (Å²) in [5.74, 6) is -1.40. The Morgan fingerprint density at radius 2 is 1.56 bits per heavy atom. The van der Waals surface area contributed by atoms with Gasteiger partial charge in [0.15, 0.2) is 5.78 Å². The maximum atomic E-state index is 12.5. The van der Waals surface area contributed by atoms with Gasteiger partial charge in [0.05, 0.1) is 11.2 Å². The predicted molar refractivity (Wildman–Crippen MR) is 99.9 cm³/mol. The van der Waals surface area contributed by atoms with Gasteiger partial charge < -0.3 is 9.90 Å². The molecule has 0 saturated heterocycles. The van der Waals surface area contributed by atoms with Crippen LogP contribution in [0.3, 0.4) is 0 Å². The van der Waals surface area contributed by atoms with E-state index < -0.39 is 11.2 Å². The molecule has 0 aliphatic rings. The third-order valence-electron chi connectivity index (χ3n) is 4.01. The van der Waals surface area contributed by atoms with E-state index in [0.717, 1.165) is 27.8 Å². The fourth-order valence-corrected chi connectivity index (χ4v) is 3.35. The van der Waals surface area contributed by atoms with E-state index in [2.05, 4.69) is 20.8 Å². The smallest absolute Gasteiger partial charge is 0.164 e. The van der Waals surface area contributed by atoms with Crippen LogP contribution >= 0.6 is 11.8 Å². The molecule has 0 bridgehead atoms. The van der Waals surface area contributed by atoms with Crippen molar-refractivity contribution in [1.82, 2.24) is 0 Å².